The summed E-state index contributed by atoms with van der Waals surface area (Å²) >= 11 is 7.74. The third-order valence-electron chi connectivity index (χ3n) is 2.17. The molecule has 0 spiro atoms. The van der Waals surface area contributed by atoms with Crippen LogP contribution in [0, 0.1) is 6.92 Å². The van der Waals surface area contributed by atoms with Gasteiger partial charge in [-0.2, -0.15) is 5.10 Å². The Morgan fingerprint density at radius 3 is 2.81 bits per heavy atom. The highest BCUT2D eigenvalue weighted by molar-refractivity contribution is 7.98. The van der Waals surface area contributed by atoms with Gasteiger partial charge in [0.1, 0.15) is 10.2 Å². The summed E-state index contributed by atoms with van der Waals surface area (Å²) in [6.45, 7) is 1.96. The van der Waals surface area contributed by atoms with Crippen molar-refractivity contribution in [3.63, 3.8) is 0 Å². The van der Waals surface area contributed by atoms with Gasteiger partial charge in [-0.25, -0.2) is 4.98 Å². The smallest absolute Gasteiger partial charge is 0.131 e. The molecule has 0 aliphatic rings. The SMILES string of the molecule is Cc1nn(C)c(Cl)c1CSc1cnccn1. The van der Waals surface area contributed by atoms with Crippen LogP contribution < -0.4 is 0 Å². The Hall–Kier alpha value is -1.07. The molecule has 0 saturated heterocycles. The van der Waals surface area contributed by atoms with Gasteiger partial charge in [-0.15, -0.1) is 0 Å². The molecule has 0 fully saturated rings. The first-order valence-corrected chi connectivity index (χ1v) is 6.11. The number of hydrogen-bond donors (Lipinski definition) is 0. The van der Waals surface area contributed by atoms with Crippen LogP contribution in [0.4, 0.5) is 0 Å². The van der Waals surface area contributed by atoms with E-state index in [0.29, 0.717) is 5.15 Å². The first-order valence-electron chi connectivity index (χ1n) is 4.75. The van der Waals surface area contributed by atoms with Gasteiger partial charge in [0.2, 0.25) is 0 Å². The fourth-order valence-corrected chi connectivity index (χ4v) is 2.57. The van der Waals surface area contributed by atoms with Crippen molar-refractivity contribution in [1.29, 1.82) is 0 Å². The summed E-state index contributed by atoms with van der Waals surface area (Å²) in [5.41, 5.74) is 2.02. The molecule has 0 aliphatic heterocycles. The highest BCUT2D eigenvalue weighted by atomic mass is 35.5. The third kappa shape index (κ3) is 2.36. The maximum absolute atomic E-state index is 6.13. The molecule has 2 aromatic heterocycles. The van der Waals surface area contributed by atoms with Gasteiger partial charge in [-0.3, -0.25) is 9.67 Å². The minimum Gasteiger partial charge on any atom is -0.260 e. The molecule has 16 heavy (non-hydrogen) atoms. The minimum atomic E-state index is 0.689. The van der Waals surface area contributed by atoms with Crippen molar-refractivity contribution in [3.05, 3.63) is 35.0 Å². The van der Waals surface area contributed by atoms with Gasteiger partial charge in [0.05, 0.1) is 11.9 Å². The summed E-state index contributed by atoms with van der Waals surface area (Å²) in [6.07, 6.45) is 5.08. The summed E-state index contributed by atoms with van der Waals surface area (Å²) < 4.78 is 1.68. The highest BCUT2D eigenvalue weighted by Gasteiger charge is 2.11. The monoisotopic (exact) mass is 254 g/mol. The molecule has 0 amide bonds. The van der Waals surface area contributed by atoms with E-state index in [0.717, 1.165) is 22.0 Å². The normalized spacial score (nSPS) is 10.7. The van der Waals surface area contributed by atoms with Gasteiger partial charge in [-0.1, -0.05) is 23.4 Å². The van der Waals surface area contributed by atoms with Gasteiger partial charge in [0.15, 0.2) is 0 Å². The molecule has 0 aliphatic carbocycles. The Labute approximate surface area is 103 Å². The van der Waals surface area contributed by atoms with Crippen molar-refractivity contribution in [2.45, 2.75) is 17.7 Å². The number of aromatic nitrogens is 4. The fourth-order valence-electron chi connectivity index (χ4n) is 1.34. The summed E-state index contributed by atoms with van der Waals surface area (Å²) in [5, 5.41) is 5.84. The summed E-state index contributed by atoms with van der Waals surface area (Å²) in [5.74, 6) is 0.761. The van der Waals surface area contributed by atoms with E-state index in [1.54, 1.807) is 35.0 Å². The summed E-state index contributed by atoms with van der Waals surface area (Å²) in [4.78, 5) is 8.20. The van der Waals surface area contributed by atoms with Gasteiger partial charge in [-0.05, 0) is 6.92 Å². The Morgan fingerprint density at radius 2 is 2.25 bits per heavy atom. The minimum absolute atomic E-state index is 0.689. The van der Waals surface area contributed by atoms with Gasteiger partial charge >= 0.3 is 0 Å². The van der Waals surface area contributed by atoms with E-state index in [1.807, 2.05) is 14.0 Å². The van der Waals surface area contributed by atoms with E-state index in [-0.39, 0.29) is 0 Å². The summed E-state index contributed by atoms with van der Waals surface area (Å²) in [7, 11) is 1.84. The Kier molecular flexibility index (Phi) is 3.46. The van der Waals surface area contributed by atoms with Crippen molar-refractivity contribution in [3.8, 4) is 0 Å². The van der Waals surface area contributed by atoms with E-state index in [1.165, 1.54) is 0 Å². The second-order valence-electron chi connectivity index (χ2n) is 3.31. The van der Waals surface area contributed by atoms with Crippen molar-refractivity contribution >= 4 is 23.4 Å². The Morgan fingerprint density at radius 1 is 1.44 bits per heavy atom. The predicted molar refractivity (Wildman–Crippen MR) is 64.5 cm³/mol. The second-order valence-corrected chi connectivity index (χ2v) is 4.66. The van der Waals surface area contributed by atoms with E-state index >= 15 is 0 Å². The zero-order valence-corrected chi connectivity index (χ0v) is 10.6. The zero-order chi connectivity index (χ0) is 11.5. The Bertz CT molecular complexity index is 483. The van der Waals surface area contributed by atoms with Gasteiger partial charge < -0.3 is 0 Å². The molecule has 0 N–H and O–H groups in total. The molecule has 0 unspecified atom stereocenters. The van der Waals surface area contributed by atoms with Crippen molar-refractivity contribution in [2.75, 3.05) is 0 Å². The van der Waals surface area contributed by atoms with Crippen LogP contribution in [-0.2, 0) is 12.8 Å². The molecule has 6 heteroatoms. The van der Waals surface area contributed by atoms with E-state index < -0.39 is 0 Å². The first kappa shape index (κ1) is 11.4. The average Bonchev–Trinajstić information content (AvgIpc) is 2.53. The van der Waals surface area contributed by atoms with Crippen LogP contribution in [-0.4, -0.2) is 19.7 Å². The largest absolute Gasteiger partial charge is 0.260 e. The molecule has 4 nitrogen and oxygen atoms in total. The van der Waals surface area contributed by atoms with Crippen molar-refractivity contribution < 1.29 is 0 Å². The molecule has 0 aromatic carbocycles. The van der Waals surface area contributed by atoms with Crippen LogP contribution >= 0.6 is 23.4 Å². The summed E-state index contributed by atoms with van der Waals surface area (Å²) in [6, 6.07) is 0. The van der Waals surface area contributed by atoms with Crippen LogP contribution in [0.25, 0.3) is 0 Å². The number of thioether (sulfide) groups is 1. The highest BCUT2D eigenvalue weighted by Crippen LogP contribution is 2.26. The molecule has 0 radical (unpaired) electrons. The number of hydrogen-bond acceptors (Lipinski definition) is 4. The van der Waals surface area contributed by atoms with Crippen LogP contribution in [0.15, 0.2) is 23.6 Å². The first-order chi connectivity index (χ1) is 7.68. The fraction of sp³-hybridized carbons (Fsp3) is 0.300. The average molecular weight is 255 g/mol. The third-order valence-corrected chi connectivity index (χ3v) is 3.59. The lowest BCUT2D eigenvalue weighted by molar-refractivity contribution is 0.757. The molecule has 0 saturated carbocycles. The molecule has 84 valence electrons. The quantitative estimate of drug-likeness (QED) is 0.790. The maximum atomic E-state index is 6.13. The molecular weight excluding hydrogens is 244 g/mol. The number of rotatable bonds is 3. The molecule has 0 atom stereocenters. The van der Waals surface area contributed by atoms with Crippen molar-refractivity contribution in [1.82, 2.24) is 19.7 Å². The van der Waals surface area contributed by atoms with Crippen LogP contribution in [0.1, 0.15) is 11.3 Å². The van der Waals surface area contributed by atoms with Gasteiger partial charge in [0.25, 0.3) is 0 Å². The lowest BCUT2D eigenvalue weighted by atomic mass is 10.3. The number of nitrogens with zero attached hydrogens (tertiary/aromatic N) is 4. The van der Waals surface area contributed by atoms with E-state index in [4.69, 9.17) is 11.6 Å². The molecule has 2 heterocycles. The lowest BCUT2D eigenvalue weighted by Gasteiger charge is -2.00. The van der Waals surface area contributed by atoms with Crippen LogP contribution in [0.3, 0.4) is 0 Å². The number of aryl methyl sites for hydroxylation is 2. The topological polar surface area (TPSA) is 43.6 Å². The Balaban J connectivity index is 2.11. The molecule has 0 bridgehead atoms. The zero-order valence-electron chi connectivity index (χ0n) is 9.01. The second kappa shape index (κ2) is 4.84. The van der Waals surface area contributed by atoms with E-state index in [2.05, 4.69) is 15.1 Å². The van der Waals surface area contributed by atoms with Crippen LogP contribution in [0.5, 0.6) is 0 Å². The molecule has 2 aromatic rings. The molecule has 2 rings (SSSR count). The predicted octanol–water partition coefficient (Wildman–Crippen LogP) is 2.46. The maximum Gasteiger partial charge on any atom is 0.131 e. The molecular formula is C10H11ClN4S. The number of halogens is 1. The lowest BCUT2D eigenvalue weighted by Crippen LogP contribution is -1.89. The van der Waals surface area contributed by atoms with Gasteiger partial charge in [0, 0.05) is 30.8 Å². The van der Waals surface area contributed by atoms with Crippen molar-refractivity contribution in [2.24, 2.45) is 7.05 Å². The standard InChI is InChI=1S/C10H11ClN4S/c1-7-8(10(11)15(2)14-7)6-16-9-5-12-3-4-13-9/h3-5H,6H2,1-2H3. The van der Waals surface area contributed by atoms with Crippen LogP contribution in [0.2, 0.25) is 5.15 Å². The van der Waals surface area contributed by atoms with E-state index in [9.17, 15) is 0 Å².